The average Bonchev–Trinajstić information content (AvgIpc) is 2.63. The molecule has 1 heterocycles. The zero-order chi connectivity index (χ0) is 17.8. The van der Waals surface area contributed by atoms with Gasteiger partial charge in [0.2, 0.25) is 0 Å². The first-order valence-corrected chi connectivity index (χ1v) is 8.11. The van der Waals surface area contributed by atoms with Crippen LogP contribution >= 0.6 is 0 Å². The summed E-state index contributed by atoms with van der Waals surface area (Å²) in [4.78, 5) is 24.4. The van der Waals surface area contributed by atoms with E-state index in [4.69, 9.17) is 4.74 Å². The SMILES string of the molecule is CCOc1ccc([C@@H](C)NC(=O)c2n[nH]c(=O)c3ccccc23)cc1. The molecule has 3 aromatic rings. The molecule has 128 valence electrons. The van der Waals surface area contributed by atoms with Gasteiger partial charge in [0.05, 0.1) is 18.0 Å². The third-order valence-electron chi connectivity index (χ3n) is 3.95. The van der Waals surface area contributed by atoms with Gasteiger partial charge in [0.25, 0.3) is 11.5 Å². The number of carbonyl (C=O) groups excluding carboxylic acids is 1. The summed E-state index contributed by atoms with van der Waals surface area (Å²) in [5.41, 5.74) is 0.838. The number of carbonyl (C=O) groups is 1. The van der Waals surface area contributed by atoms with Gasteiger partial charge in [-0.05, 0) is 37.6 Å². The molecule has 1 aromatic heterocycles. The minimum Gasteiger partial charge on any atom is -0.494 e. The highest BCUT2D eigenvalue weighted by molar-refractivity contribution is 6.04. The largest absolute Gasteiger partial charge is 0.494 e. The highest BCUT2D eigenvalue weighted by Gasteiger charge is 2.16. The maximum absolute atomic E-state index is 12.6. The van der Waals surface area contributed by atoms with Gasteiger partial charge >= 0.3 is 0 Å². The second-order valence-electron chi connectivity index (χ2n) is 5.64. The van der Waals surface area contributed by atoms with E-state index in [2.05, 4.69) is 15.5 Å². The van der Waals surface area contributed by atoms with Crippen LogP contribution in [-0.2, 0) is 0 Å². The van der Waals surface area contributed by atoms with E-state index >= 15 is 0 Å². The third kappa shape index (κ3) is 3.52. The van der Waals surface area contributed by atoms with Crippen LogP contribution in [0.5, 0.6) is 5.75 Å². The standard InChI is InChI=1S/C19H19N3O3/c1-3-25-14-10-8-13(9-11-14)12(2)20-19(24)17-15-6-4-5-7-16(15)18(23)22-21-17/h4-12H,3H2,1-2H3,(H,20,24)(H,22,23)/t12-/m1/s1. The predicted molar refractivity (Wildman–Crippen MR) is 95.9 cm³/mol. The summed E-state index contributed by atoms with van der Waals surface area (Å²) in [5.74, 6) is 0.451. The fourth-order valence-electron chi connectivity index (χ4n) is 2.66. The van der Waals surface area contributed by atoms with Crippen LogP contribution in [0.4, 0.5) is 0 Å². The Kier molecular flexibility index (Phi) is 4.79. The van der Waals surface area contributed by atoms with E-state index in [-0.39, 0.29) is 23.2 Å². The number of aromatic amines is 1. The Hall–Kier alpha value is -3.15. The van der Waals surface area contributed by atoms with Crippen molar-refractivity contribution in [3.05, 3.63) is 70.1 Å². The Morgan fingerprint density at radius 3 is 2.52 bits per heavy atom. The van der Waals surface area contributed by atoms with E-state index in [1.165, 1.54) is 0 Å². The lowest BCUT2D eigenvalue weighted by atomic mass is 10.1. The lowest BCUT2D eigenvalue weighted by molar-refractivity contribution is 0.0935. The molecule has 0 aliphatic rings. The summed E-state index contributed by atoms with van der Waals surface area (Å²) in [6.07, 6.45) is 0. The quantitative estimate of drug-likeness (QED) is 0.750. The predicted octanol–water partition coefficient (Wildman–Crippen LogP) is 2.81. The monoisotopic (exact) mass is 337 g/mol. The van der Waals surface area contributed by atoms with Gasteiger partial charge in [0.1, 0.15) is 5.75 Å². The number of nitrogens with one attached hydrogen (secondary N) is 2. The summed E-state index contributed by atoms with van der Waals surface area (Å²) < 4.78 is 5.42. The molecule has 0 spiro atoms. The molecule has 0 radical (unpaired) electrons. The minimum atomic E-state index is -0.339. The lowest BCUT2D eigenvalue weighted by Crippen LogP contribution is -2.29. The Morgan fingerprint density at radius 1 is 1.16 bits per heavy atom. The lowest BCUT2D eigenvalue weighted by Gasteiger charge is -2.15. The molecule has 2 N–H and O–H groups in total. The number of hydrogen-bond donors (Lipinski definition) is 2. The molecule has 0 aliphatic heterocycles. The van der Waals surface area contributed by atoms with Crippen LogP contribution < -0.4 is 15.6 Å². The molecule has 0 saturated heterocycles. The number of nitrogens with zero attached hydrogens (tertiary/aromatic N) is 1. The normalized spacial score (nSPS) is 11.9. The average molecular weight is 337 g/mol. The maximum atomic E-state index is 12.6. The molecule has 0 fully saturated rings. The Balaban J connectivity index is 1.82. The highest BCUT2D eigenvalue weighted by Crippen LogP contribution is 2.19. The number of hydrogen-bond acceptors (Lipinski definition) is 4. The number of H-pyrrole nitrogens is 1. The number of benzene rings is 2. The Morgan fingerprint density at radius 2 is 1.84 bits per heavy atom. The van der Waals surface area contributed by atoms with Crippen molar-refractivity contribution in [3.8, 4) is 5.75 Å². The molecule has 0 saturated carbocycles. The van der Waals surface area contributed by atoms with E-state index in [1.54, 1.807) is 24.3 Å². The van der Waals surface area contributed by atoms with Crippen molar-refractivity contribution in [3.63, 3.8) is 0 Å². The molecule has 6 nitrogen and oxygen atoms in total. The summed E-state index contributed by atoms with van der Waals surface area (Å²) in [5, 5.41) is 10.2. The van der Waals surface area contributed by atoms with Gasteiger partial charge in [-0.15, -0.1) is 0 Å². The molecule has 3 rings (SSSR count). The van der Waals surface area contributed by atoms with Crippen LogP contribution in [0, 0.1) is 0 Å². The molecule has 1 atom stereocenters. The summed E-state index contributed by atoms with van der Waals surface area (Å²) in [6.45, 7) is 4.43. The van der Waals surface area contributed by atoms with Gasteiger partial charge in [-0.25, -0.2) is 5.10 Å². The van der Waals surface area contributed by atoms with E-state index in [0.29, 0.717) is 17.4 Å². The maximum Gasteiger partial charge on any atom is 0.272 e. The third-order valence-corrected chi connectivity index (χ3v) is 3.95. The topological polar surface area (TPSA) is 84.1 Å². The minimum absolute atomic E-state index is 0.202. The van der Waals surface area contributed by atoms with Crippen LogP contribution in [0.1, 0.15) is 35.9 Å². The first-order valence-electron chi connectivity index (χ1n) is 8.11. The first kappa shape index (κ1) is 16.7. The summed E-state index contributed by atoms with van der Waals surface area (Å²) >= 11 is 0. The fourth-order valence-corrected chi connectivity index (χ4v) is 2.66. The van der Waals surface area contributed by atoms with Crippen LogP contribution in [0.3, 0.4) is 0 Å². The number of amides is 1. The van der Waals surface area contributed by atoms with Gasteiger partial charge < -0.3 is 10.1 Å². The number of ether oxygens (including phenoxy) is 1. The van der Waals surface area contributed by atoms with Crippen molar-refractivity contribution in [2.45, 2.75) is 19.9 Å². The van der Waals surface area contributed by atoms with Crippen LogP contribution in [0.2, 0.25) is 0 Å². The van der Waals surface area contributed by atoms with E-state index < -0.39 is 0 Å². The highest BCUT2D eigenvalue weighted by atomic mass is 16.5. The van der Waals surface area contributed by atoms with Crippen LogP contribution in [0.15, 0.2) is 53.3 Å². The number of fused-ring (bicyclic) bond motifs is 1. The first-order chi connectivity index (χ1) is 12.1. The molecule has 0 bridgehead atoms. The molecule has 6 heteroatoms. The second-order valence-corrected chi connectivity index (χ2v) is 5.64. The molecule has 2 aromatic carbocycles. The van der Waals surface area contributed by atoms with Crippen molar-refractivity contribution in [2.24, 2.45) is 0 Å². The Bertz CT molecular complexity index is 948. The number of rotatable bonds is 5. The van der Waals surface area contributed by atoms with Gasteiger partial charge in [-0.3, -0.25) is 9.59 Å². The van der Waals surface area contributed by atoms with Gasteiger partial charge in [-0.1, -0.05) is 30.3 Å². The van der Waals surface area contributed by atoms with Crippen molar-refractivity contribution in [2.75, 3.05) is 6.61 Å². The van der Waals surface area contributed by atoms with Crippen molar-refractivity contribution in [1.29, 1.82) is 0 Å². The molecule has 0 aliphatic carbocycles. The van der Waals surface area contributed by atoms with Crippen molar-refractivity contribution >= 4 is 16.7 Å². The van der Waals surface area contributed by atoms with Crippen molar-refractivity contribution < 1.29 is 9.53 Å². The van der Waals surface area contributed by atoms with E-state index in [9.17, 15) is 9.59 Å². The van der Waals surface area contributed by atoms with Crippen LogP contribution in [0.25, 0.3) is 10.8 Å². The fraction of sp³-hybridized carbons (Fsp3) is 0.211. The zero-order valence-corrected chi connectivity index (χ0v) is 14.1. The molecule has 0 unspecified atom stereocenters. The smallest absolute Gasteiger partial charge is 0.272 e. The summed E-state index contributed by atoms with van der Waals surface area (Å²) in [6, 6.07) is 14.3. The molecule has 25 heavy (non-hydrogen) atoms. The van der Waals surface area contributed by atoms with Crippen LogP contribution in [-0.4, -0.2) is 22.7 Å². The van der Waals surface area contributed by atoms with E-state index in [0.717, 1.165) is 11.3 Å². The Labute approximate surface area is 144 Å². The van der Waals surface area contributed by atoms with Gasteiger partial charge in [-0.2, -0.15) is 5.10 Å². The molecular formula is C19H19N3O3. The van der Waals surface area contributed by atoms with Crippen molar-refractivity contribution in [1.82, 2.24) is 15.5 Å². The van der Waals surface area contributed by atoms with E-state index in [1.807, 2.05) is 38.1 Å². The molecular weight excluding hydrogens is 318 g/mol. The zero-order valence-electron chi connectivity index (χ0n) is 14.1. The number of aromatic nitrogens is 2. The van der Waals surface area contributed by atoms with Gasteiger partial charge in [0.15, 0.2) is 5.69 Å². The second kappa shape index (κ2) is 7.17. The van der Waals surface area contributed by atoms with Gasteiger partial charge in [0, 0.05) is 5.39 Å². The summed E-state index contributed by atoms with van der Waals surface area (Å²) in [7, 11) is 0. The molecule has 1 amide bonds.